The van der Waals surface area contributed by atoms with Gasteiger partial charge in [-0.2, -0.15) is 0 Å². The predicted molar refractivity (Wildman–Crippen MR) is 79.9 cm³/mol. The number of hydrogen-bond acceptors (Lipinski definition) is 5. The zero-order chi connectivity index (χ0) is 15.2. The summed E-state index contributed by atoms with van der Waals surface area (Å²) in [5.41, 5.74) is 1.85. The van der Waals surface area contributed by atoms with Crippen molar-refractivity contribution >= 4 is 5.91 Å². The summed E-state index contributed by atoms with van der Waals surface area (Å²) in [7, 11) is 0. The Hall–Kier alpha value is -2.34. The van der Waals surface area contributed by atoms with Gasteiger partial charge in [0.15, 0.2) is 0 Å². The molecular weight excluding hydrogens is 280 g/mol. The Kier molecular flexibility index (Phi) is 4.70. The monoisotopic (exact) mass is 298 g/mol. The first kappa shape index (κ1) is 14.6. The molecule has 22 heavy (non-hydrogen) atoms. The molecule has 0 N–H and O–H groups in total. The van der Waals surface area contributed by atoms with Crippen molar-refractivity contribution in [1.82, 2.24) is 19.9 Å². The van der Waals surface area contributed by atoms with Crippen LogP contribution in [0.4, 0.5) is 0 Å². The van der Waals surface area contributed by atoms with E-state index in [9.17, 15) is 4.79 Å². The Morgan fingerprint density at radius 2 is 2.18 bits per heavy atom. The van der Waals surface area contributed by atoms with Crippen molar-refractivity contribution < 1.29 is 9.53 Å². The van der Waals surface area contributed by atoms with Crippen molar-refractivity contribution in [3.05, 3.63) is 54.4 Å². The zero-order valence-corrected chi connectivity index (χ0v) is 12.3. The maximum absolute atomic E-state index is 12.4. The molecule has 1 unspecified atom stereocenters. The van der Waals surface area contributed by atoms with Gasteiger partial charge >= 0.3 is 0 Å². The van der Waals surface area contributed by atoms with Crippen LogP contribution in [0.1, 0.15) is 23.8 Å². The van der Waals surface area contributed by atoms with Crippen LogP contribution in [-0.2, 0) is 16.0 Å². The van der Waals surface area contributed by atoms with E-state index in [1.165, 1.54) is 0 Å². The minimum absolute atomic E-state index is 0.140. The molecule has 1 amide bonds. The van der Waals surface area contributed by atoms with Crippen molar-refractivity contribution in [2.75, 3.05) is 19.7 Å². The Morgan fingerprint density at radius 3 is 2.95 bits per heavy atom. The fraction of sp³-hybridized carbons (Fsp3) is 0.375. The van der Waals surface area contributed by atoms with Crippen LogP contribution in [0.2, 0.25) is 0 Å². The van der Waals surface area contributed by atoms with Crippen LogP contribution in [0.5, 0.6) is 0 Å². The van der Waals surface area contributed by atoms with E-state index in [1.807, 2.05) is 17.0 Å². The molecule has 0 aromatic carbocycles. The molecule has 1 aliphatic heterocycles. The number of aryl methyl sites for hydroxylation is 1. The van der Waals surface area contributed by atoms with Crippen molar-refractivity contribution in [2.45, 2.75) is 18.9 Å². The Balaban J connectivity index is 1.56. The molecular formula is C16H18N4O2. The largest absolute Gasteiger partial charge is 0.368 e. The second kappa shape index (κ2) is 7.09. The minimum atomic E-state index is -0.190. The van der Waals surface area contributed by atoms with Gasteiger partial charge in [0.1, 0.15) is 6.10 Å². The molecule has 0 saturated carbocycles. The van der Waals surface area contributed by atoms with Gasteiger partial charge in [0.05, 0.1) is 25.0 Å². The average Bonchev–Trinajstić information content (AvgIpc) is 2.61. The first-order chi connectivity index (χ1) is 10.8. The number of rotatable bonds is 4. The van der Waals surface area contributed by atoms with Crippen LogP contribution in [0.15, 0.2) is 43.1 Å². The van der Waals surface area contributed by atoms with Crippen LogP contribution in [-0.4, -0.2) is 45.5 Å². The van der Waals surface area contributed by atoms with Gasteiger partial charge in [-0.15, -0.1) is 0 Å². The zero-order valence-electron chi connectivity index (χ0n) is 12.3. The van der Waals surface area contributed by atoms with Gasteiger partial charge in [0.25, 0.3) is 0 Å². The maximum Gasteiger partial charge on any atom is 0.223 e. The highest BCUT2D eigenvalue weighted by Gasteiger charge is 2.26. The molecule has 0 aliphatic carbocycles. The Bertz CT molecular complexity index is 606. The van der Waals surface area contributed by atoms with E-state index < -0.39 is 0 Å². The Labute approximate surface area is 129 Å². The normalized spacial score (nSPS) is 18.2. The SMILES string of the molecule is O=C(CCc1cccnc1)N1CCOC(c2cnccn2)C1. The second-order valence-corrected chi connectivity index (χ2v) is 5.19. The summed E-state index contributed by atoms with van der Waals surface area (Å²) >= 11 is 0. The highest BCUT2D eigenvalue weighted by Crippen LogP contribution is 2.20. The highest BCUT2D eigenvalue weighted by atomic mass is 16.5. The topological polar surface area (TPSA) is 68.2 Å². The average molecular weight is 298 g/mol. The number of carbonyl (C=O) groups excluding carboxylic acids is 1. The first-order valence-corrected chi connectivity index (χ1v) is 7.37. The summed E-state index contributed by atoms with van der Waals surface area (Å²) in [6, 6.07) is 3.88. The lowest BCUT2D eigenvalue weighted by Crippen LogP contribution is -2.42. The lowest BCUT2D eigenvalue weighted by atomic mass is 10.1. The maximum atomic E-state index is 12.4. The van der Waals surface area contributed by atoms with E-state index in [2.05, 4.69) is 15.0 Å². The number of pyridine rings is 1. The number of aromatic nitrogens is 3. The highest BCUT2D eigenvalue weighted by molar-refractivity contribution is 5.76. The van der Waals surface area contributed by atoms with E-state index in [-0.39, 0.29) is 12.0 Å². The first-order valence-electron chi connectivity index (χ1n) is 7.37. The van der Waals surface area contributed by atoms with E-state index in [0.717, 1.165) is 11.3 Å². The quantitative estimate of drug-likeness (QED) is 0.853. The molecule has 114 valence electrons. The lowest BCUT2D eigenvalue weighted by Gasteiger charge is -2.32. The van der Waals surface area contributed by atoms with Gasteiger partial charge in [0.2, 0.25) is 5.91 Å². The van der Waals surface area contributed by atoms with Gasteiger partial charge in [0, 0.05) is 37.8 Å². The molecule has 1 aliphatic rings. The third-order valence-electron chi connectivity index (χ3n) is 3.68. The molecule has 1 fully saturated rings. The molecule has 1 saturated heterocycles. The third kappa shape index (κ3) is 3.65. The molecule has 3 rings (SSSR count). The van der Waals surface area contributed by atoms with Gasteiger partial charge in [-0.3, -0.25) is 19.7 Å². The molecule has 2 aromatic rings. The number of nitrogens with zero attached hydrogens (tertiary/aromatic N) is 4. The molecule has 0 bridgehead atoms. The standard InChI is InChI=1S/C16H18N4O2/c21-16(4-3-13-2-1-5-17-10-13)20-8-9-22-15(12-20)14-11-18-6-7-19-14/h1-2,5-7,10-11,15H,3-4,8-9,12H2. The van der Waals surface area contributed by atoms with Crippen molar-refractivity contribution in [3.63, 3.8) is 0 Å². The molecule has 6 heteroatoms. The molecule has 0 spiro atoms. The summed E-state index contributed by atoms with van der Waals surface area (Å²) < 4.78 is 5.70. The van der Waals surface area contributed by atoms with E-state index in [0.29, 0.717) is 32.5 Å². The summed E-state index contributed by atoms with van der Waals surface area (Å²) in [4.78, 5) is 26.6. The van der Waals surface area contributed by atoms with Crippen molar-refractivity contribution in [1.29, 1.82) is 0 Å². The summed E-state index contributed by atoms with van der Waals surface area (Å²) in [6.45, 7) is 1.69. The van der Waals surface area contributed by atoms with Crippen LogP contribution < -0.4 is 0 Å². The van der Waals surface area contributed by atoms with Gasteiger partial charge in [-0.1, -0.05) is 6.07 Å². The predicted octanol–water partition coefficient (Wildman–Crippen LogP) is 1.40. The van der Waals surface area contributed by atoms with E-state index in [1.54, 1.807) is 31.0 Å². The number of ether oxygens (including phenoxy) is 1. The van der Waals surface area contributed by atoms with Gasteiger partial charge < -0.3 is 9.64 Å². The number of amides is 1. The summed E-state index contributed by atoms with van der Waals surface area (Å²) in [5, 5.41) is 0. The Morgan fingerprint density at radius 1 is 1.27 bits per heavy atom. The fourth-order valence-electron chi connectivity index (χ4n) is 2.49. The molecule has 0 radical (unpaired) electrons. The minimum Gasteiger partial charge on any atom is -0.368 e. The third-order valence-corrected chi connectivity index (χ3v) is 3.68. The number of morpholine rings is 1. The number of carbonyl (C=O) groups is 1. The number of hydrogen-bond donors (Lipinski definition) is 0. The van der Waals surface area contributed by atoms with Crippen molar-refractivity contribution in [3.8, 4) is 0 Å². The van der Waals surface area contributed by atoms with E-state index in [4.69, 9.17) is 4.74 Å². The smallest absolute Gasteiger partial charge is 0.223 e. The molecule has 3 heterocycles. The van der Waals surface area contributed by atoms with Crippen molar-refractivity contribution in [2.24, 2.45) is 0 Å². The summed E-state index contributed by atoms with van der Waals surface area (Å²) in [6.07, 6.45) is 9.50. The van der Waals surface area contributed by atoms with Crippen LogP contribution in [0, 0.1) is 0 Å². The van der Waals surface area contributed by atoms with Crippen LogP contribution >= 0.6 is 0 Å². The molecule has 2 aromatic heterocycles. The van der Waals surface area contributed by atoms with E-state index >= 15 is 0 Å². The van der Waals surface area contributed by atoms with Crippen LogP contribution in [0.25, 0.3) is 0 Å². The summed E-state index contributed by atoms with van der Waals surface area (Å²) in [5.74, 6) is 0.140. The lowest BCUT2D eigenvalue weighted by molar-refractivity contribution is -0.139. The fourth-order valence-corrected chi connectivity index (χ4v) is 2.49. The molecule has 1 atom stereocenters. The van der Waals surface area contributed by atoms with Crippen LogP contribution in [0.3, 0.4) is 0 Å². The molecule has 6 nitrogen and oxygen atoms in total. The van der Waals surface area contributed by atoms with Gasteiger partial charge in [-0.05, 0) is 18.1 Å². The van der Waals surface area contributed by atoms with Gasteiger partial charge in [-0.25, -0.2) is 0 Å². The second-order valence-electron chi connectivity index (χ2n) is 5.19.